The molecule has 0 aromatic heterocycles. The molecule has 0 bridgehead atoms. The van der Waals surface area contributed by atoms with Crippen LogP contribution in [0.4, 0.5) is 0 Å². The zero-order chi connectivity index (χ0) is 15.8. The molecule has 0 saturated heterocycles. The standard InChI is InChI=1S/C18H20ClNOS/c1-2-17(14-8-4-3-5-9-14)20-18(21)13-22-12-15-10-6-7-11-16(15)19/h3-11,17H,2,12-13H2,1H3,(H,20,21). The van der Waals surface area contributed by atoms with Gasteiger partial charge < -0.3 is 5.32 Å². The normalized spacial score (nSPS) is 11.9. The monoisotopic (exact) mass is 333 g/mol. The van der Waals surface area contributed by atoms with Crippen LogP contribution in [0.15, 0.2) is 54.6 Å². The molecule has 2 nitrogen and oxygen atoms in total. The quantitative estimate of drug-likeness (QED) is 0.785. The van der Waals surface area contributed by atoms with Gasteiger partial charge in [0.2, 0.25) is 5.91 Å². The fourth-order valence-corrected chi connectivity index (χ4v) is 3.34. The van der Waals surface area contributed by atoms with Crippen molar-refractivity contribution in [3.05, 3.63) is 70.7 Å². The molecule has 4 heteroatoms. The van der Waals surface area contributed by atoms with Gasteiger partial charge in [-0.2, -0.15) is 0 Å². The number of thioether (sulfide) groups is 1. The third-order valence-electron chi connectivity index (χ3n) is 3.39. The van der Waals surface area contributed by atoms with E-state index in [0.29, 0.717) is 5.75 Å². The van der Waals surface area contributed by atoms with Crippen molar-refractivity contribution in [2.24, 2.45) is 0 Å². The summed E-state index contributed by atoms with van der Waals surface area (Å²) >= 11 is 7.69. The van der Waals surface area contributed by atoms with Crippen molar-refractivity contribution in [3.63, 3.8) is 0 Å². The van der Waals surface area contributed by atoms with Gasteiger partial charge in [-0.1, -0.05) is 67.1 Å². The molecule has 2 rings (SSSR count). The molecular formula is C18H20ClNOS. The Morgan fingerprint density at radius 1 is 1.14 bits per heavy atom. The zero-order valence-electron chi connectivity index (χ0n) is 12.6. The topological polar surface area (TPSA) is 29.1 Å². The number of carbonyl (C=O) groups excluding carboxylic acids is 1. The van der Waals surface area contributed by atoms with Crippen molar-refractivity contribution in [2.45, 2.75) is 25.1 Å². The Morgan fingerprint density at radius 2 is 1.82 bits per heavy atom. The molecule has 1 atom stereocenters. The van der Waals surface area contributed by atoms with Crippen LogP contribution in [-0.2, 0) is 10.5 Å². The van der Waals surface area contributed by atoms with Gasteiger partial charge in [0.1, 0.15) is 0 Å². The molecule has 0 aliphatic carbocycles. The highest BCUT2D eigenvalue weighted by Gasteiger charge is 2.12. The van der Waals surface area contributed by atoms with Gasteiger partial charge in [0.15, 0.2) is 0 Å². The molecule has 0 aliphatic rings. The fourth-order valence-electron chi connectivity index (χ4n) is 2.21. The van der Waals surface area contributed by atoms with Crippen molar-refractivity contribution in [1.82, 2.24) is 5.32 Å². The number of nitrogens with one attached hydrogen (secondary N) is 1. The zero-order valence-corrected chi connectivity index (χ0v) is 14.2. The maximum absolute atomic E-state index is 12.1. The van der Waals surface area contributed by atoms with Crippen LogP contribution in [0.2, 0.25) is 5.02 Å². The van der Waals surface area contributed by atoms with Gasteiger partial charge in [0.25, 0.3) is 0 Å². The first-order chi connectivity index (χ1) is 10.7. The molecule has 116 valence electrons. The maximum atomic E-state index is 12.1. The minimum absolute atomic E-state index is 0.0627. The third-order valence-corrected chi connectivity index (χ3v) is 4.74. The molecule has 2 aromatic carbocycles. The Morgan fingerprint density at radius 3 is 2.50 bits per heavy atom. The molecule has 0 heterocycles. The fraction of sp³-hybridized carbons (Fsp3) is 0.278. The van der Waals surface area contributed by atoms with Gasteiger partial charge >= 0.3 is 0 Å². The van der Waals surface area contributed by atoms with Crippen LogP contribution < -0.4 is 5.32 Å². The van der Waals surface area contributed by atoms with E-state index in [-0.39, 0.29) is 11.9 Å². The summed E-state index contributed by atoms with van der Waals surface area (Å²) in [5.41, 5.74) is 2.21. The summed E-state index contributed by atoms with van der Waals surface area (Å²) in [5, 5.41) is 3.85. The summed E-state index contributed by atoms with van der Waals surface area (Å²) in [6.07, 6.45) is 0.880. The average molecular weight is 334 g/mol. The number of hydrogen-bond acceptors (Lipinski definition) is 2. The van der Waals surface area contributed by atoms with Crippen LogP contribution >= 0.6 is 23.4 Å². The predicted octanol–water partition coefficient (Wildman–Crippen LogP) is 4.84. The van der Waals surface area contributed by atoms with E-state index >= 15 is 0 Å². The maximum Gasteiger partial charge on any atom is 0.230 e. The lowest BCUT2D eigenvalue weighted by molar-refractivity contribution is -0.119. The van der Waals surface area contributed by atoms with E-state index < -0.39 is 0 Å². The summed E-state index contributed by atoms with van der Waals surface area (Å²) in [5.74, 6) is 1.25. The Bertz CT molecular complexity index is 603. The van der Waals surface area contributed by atoms with E-state index in [4.69, 9.17) is 11.6 Å². The predicted molar refractivity (Wildman–Crippen MR) is 95.2 cm³/mol. The van der Waals surface area contributed by atoms with E-state index in [2.05, 4.69) is 12.2 Å². The summed E-state index contributed by atoms with van der Waals surface area (Å²) in [4.78, 5) is 12.1. The van der Waals surface area contributed by atoms with Gasteiger partial charge in [-0.3, -0.25) is 4.79 Å². The average Bonchev–Trinajstić information content (AvgIpc) is 2.55. The van der Waals surface area contributed by atoms with Gasteiger partial charge in [-0.15, -0.1) is 11.8 Å². The van der Waals surface area contributed by atoms with Crippen LogP contribution in [0.3, 0.4) is 0 Å². The van der Waals surface area contributed by atoms with Gasteiger partial charge in [-0.25, -0.2) is 0 Å². The van der Waals surface area contributed by atoms with Gasteiger partial charge in [0.05, 0.1) is 11.8 Å². The molecule has 2 aromatic rings. The SMILES string of the molecule is CCC(NC(=O)CSCc1ccccc1Cl)c1ccccc1. The lowest BCUT2D eigenvalue weighted by atomic mass is 10.0. The van der Waals surface area contributed by atoms with E-state index in [1.807, 2.05) is 54.6 Å². The first kappa shape index (κ1) is 16.9. The molecule has 0 radical (unpaired) electrons. The Balaban J connectivity index is 1.81. The van der Waals surface area contributed by atoms with Gasteiger partial charge in [0, 0.05) is 10.8 Å². The highest BCUT2D eigenvalue weighted by atomic mass is 35.5. The molecule has 1 N–H and O–H groups in total. The van der Waals surface area contributed by atoms with Crippen LogP contribution in [0.25, 0.3) is 0 Å². The lowest BCUT2D eigenvalue weighted by Crippen LogP contribution is -2.29. The van der Waals surface area contributed by atoms with Crippen LogP contribution in [0.5, 0.6) is 0 Å². The number of hydrogen-bond donors (Lipinski definition) is 1. The second kappa shape index (κ2) is 8.86. The molecule has 1 unspecified atom stereocenters. The van der Waals surface area contributed by atoms with E-state index in [9.17, 15) is 4.79 Å². The minimum Gasteiger partial charge on any atom is -0.349 e. The molecule has 22 heavy (non-hydrogen) atoms. The largest absolute Gasteiger partial charge is 0.349 e. The summed E-state index contributed by atoms with van der Waals surface area (Å²) in [6.45, 7) is 2.08. The summed E-state index contributed by atoms with van der Waals surface area (Å²) < 4.78 is 0. The smallest absolute Gasteiger partial charge is 0.230 e. The third kappa shape index (κ3) is 5.08. The van der Waals surface area contributed by atoms with E-state index in [1.54, 1.807) is 11.8 Å². The van der Waals surface area contributed by atoms with E-state index in [1.165, 1.54) is 0 Å². The molecule has 0 aliphatic heterocycles. The number of carbonyl (C=O) groups is 1. The molecule has 1 amide bonds. The summed E-state index contributed by atoms with van der Waals surface area (Å²) in [6, 6.07) is 17.9. The second-order valence-electron chi connectivity index (χ2n) is 5.02. The first-order valence-corrected chi connectivity index (χ1v) is 8.89. The van der Waals surface area contributed by atoms with E-state index in [0.717, 1.165) is 28.3 Å². The van der Waals surface area contributed by atoms with Crippen molar-refractivity contribution in [2.75, 3.05) is 5.75 Å². The Kier molecular flexibility index (Phi) is 6.81. The second-order valence-corrected chi connectivity index (χ2v) is 6.42. The Labute approximate surface area is 141 Å². The number of halogens is 1. The van der Waals surface area contributed by atoms with Crippen LogP contribution in [0.1, 0.15) is 30.5 Å². The van der Waals surface area contributed by atoms with Gasteiger partial charge in [-0.05, 0) is 23.6 Å². The van der Waals surface area contributed by atoms with Crippen molar-refractivity contribution in [1.29, 1.82) is 0 Å². The lowest BCUT2D eigenvalue weighted by Gasteiger charge is -2.17. The number of benzene rings is 2. The van der Waals surface area contributed by atoms with Crippen molar-refractivity contribution < 1.29 is 4.79 Å². The first-order valence-electron chi connectivity index (χ1n) is 7.36. The molecular weight excluding hydrogens is 314 g/mol. The highest BCUT2D eigenvalue weighted by molar-refractivity contribution is 7.99. The molecule has 0 saturated carbocycles. The van der Waals surface area contributed by atoms with Crippen LogP contribution in [0, 0.1) is 0 Å². The number of amides is 1. The van der Waals surface area contributed by atoms with Crippen LogP contribution in [-0.4, -0.2) is 11.7 Å². The summed E-state index contributed by atoms with van der Waals surface area (Å²) in [7, 11) is 0. The van der Waals surface area contributed by atoms with Crippen molar-refractivity contribution >= 4 is 29.3 Å². The minimum atomic E-state index is 0.0627. The highest BCUT2D eigenvalue weighted by Crippen LogP contribution is 2.21. The Hall–Kier alpha value is -1.45. The van der Waals surface area contributed by atoms with Crippen molar-refractivity contribution in [3.8, 4) is 0 Å². The number of rotatable bonds is 7. The molecule has 0 spiro atoms. The molecule has 0 fully saturated rings.